The van der Waals surface area contributed by atoms with Gasteiger partial charge in [-0.3, -0.25) is 0 Å². The molecule has 0 amide bonds. The van der Waals surface area contributed by atoms with Gasteiger partial charge in [0.1, 0.15) is 5.82 Å². The van der Waals surface area contributed by atoms with Gasteiger partial charge in [-0.2, -0.15) is 18.3 Å². The number of rotatable bonds is 2. The number of hydrogen-bond acceptors (Lipinski definition) is 2. The standard InChI is InChI=1S/C16H10Cl2F3N3/c17-9-5-7-10(8-6-9)24-15(22)13(14(23-24)16(19,20)21)11-3-1-2-4-12(11)18/h1-8H,22H2. The minimum absolute atomic E-state index is 0.155. The van der Waals surface area contributed by atoms with E-state index in [1.54, 1.807) is 24.3 Å². The number of benzene rings is 2. The molecule has 124 valence electrons. The minimum atomic E-state index is -4.68. The van der Waals surface area contributed by atoms with Gasteiger partial charge >= 0.3 is 6.18 Å². The molecule has 0 saturated carbocycles. The van der Waals surface area contributed by atoms with Crippen LogP contribution in [-0.2, 0) is 6.18 Å². The van der Waals surface area contributed by atoms with Gasteiger partial charge in [0.2, 0.25) is 0 Å². The fourth-order valence-corrected chi connectivity index (χ4v) is 2.69. The van der Waals surface area contributed by atoms with Crippen molar-refractivity contribution in [1.82, 2.24) is 9.78 Å². The quantitative estimate of drug-likeness (QED) is 0.650. The molecule has 3 aromatic rings. The van der Waals surface area contributed by atoms with Gasteiger partial charge in [0.05, 0.1) is 11.3 Å². The van der Waals surface area contributed by atoms with Crippen molar-refractivity contribution in [2.45, 2.75) is 6.18 Å². The zero-order valence-corrected chi connectivity index (χ0v) is 13.5. The Kier molecular flexibility index (Phi) is 4.19. The van der Waals surface area contributed by atoms with Crippen LogP contribution < -0.4 is 5.73 Å². The van der Waals surface area contributed by atoms with E-state index >= 15 is 0 Å². The summed E-state index contributed by atoms with van der Waals surface area (Å²) in [5.41, 5.74) is 5.17. The monoisotopic (exact) mass is 371 g/mol. The molecule has 0 spiro atoms. The summed E-state index contributed by atoms with van der Waals surface area (Å²) in [5, 5.41) is 4.27. The van der Waals surface area contributed by atoms with Crippen molar-refractivity contribution < 1.29 is 13.2 Å². The predicted molar refractivity (Wildman–Crippen MR) is 88.4 cm³/mol. The number of aromatic nitrogens is 2. The second kappa shape index (κ2) is 6.03. The van der Waals surface area contributed by atoms with Crippen LogP contribution in [0.3, 0.4) is 0 Å². The Morgan fingerprint density at radius 1 is 0.958 bits per heavy atom. The molecule has 0 saturated heterocycles. The van der Waals surface area contributed by atoms with E-state index in [0.29, 0.717) is 10.7 Å². The third kappa shape index (κ3) is 2.95. The second-order valence-corrected chi connectivity index (χ2v) is 5.82. The number of anilines is 1. The third-order valence-electron chi connectivity index (χ3n) is 3.40. The van der Waals surface area contributed by atoms with Crippen molar-refractivity contribution in [2.75, 3.05) is 5.73 Å². The largest absolute Gasteiger partial charge is 0.435 e. The van der Waals surface area contributed by atoms with Crippen LogP contribution in [0.2, 0.25) is 10.0 Å². The topological polar surface area (TPSA) is 43.8 Å². The van der Waals surface area contributed by atoms with Gasteiger partial charge in [0, 0.05) is 15.6 Å². The number of nitrogen functional groups attached to an aromatic ring is 1. The average molecular weight is 372 g/mol. The highest BCUT2D eigenvalue weighted by Gasteiger charge is 2.40. The first-order chi connectivity index (χ1) is 11.3. The summed E-state index contributed by atoms with van der Waals surface area (Å²) in [5.74, 6) is -0.155. The van der Waals surface area contributed by atoms with Gasteiger partial charge in [-0.15, -0.1) is 0 Å². The molecule has 2 aromatic carbocycles. The SMILES string of the molecule is Nc1c(-c2ccccc2Cl)c(C(F)(F)F)nn1-c1ccc(Cl)cc1. The van der Waals surface area contributed by atoms with Crippen LogP contribution in [0.25, 0.3) is 16.8 Å². The average Bonchev–Trinajstić information content (AvgIpc) is 2.86. The summed E-state index contributed by atoms with van der Waals surface area (Å²) in [6.07, 6.45) is -4.68. The molecule has 1 heterocycles. The molecule has 0 unspecified atom stereocenters. The van der Waals surface area contributed by atoms with Crippen LogP contribution in [0.5, 0.6) is 0 Å². The van der Waals surface area contributed by atoms with Crippen molar-refractivity contribution in [1.29, 1.82) is 0 Å². The lowest BCUT2D eigenvalue weighted by Crippen LogP contribution is -2.08. The molecular formula is C16H10Cl2F3N3. The van der Waals surface area contributed by atoms with Crippen LogP contribution in [0.1, 0.15) is 5.69 Å². The summed E-state index contributed by atoms with van der Waals surface area (Å²) >= 11 is 11.9. The molecule has 0 aliphatic rings. The summed E-state index contributed by atoms with van der Waals surface area (Å²) in [7, 11) is 0. The zero-order valence-electron chi connectivity index (χ0n) is 12.0. The van der Waals surface area contributed by atoms with Crippen molar-refractivity contribution in [3.63, 3.8) is 0 Å². The Morgan fingerprint density at radius 3 is 2.17 bits per heavy atom. The highest BCUT2D eigenvalue weighted by Crippen LogP contribution is 2.42. The zero-order chi connectivity index (χ0) is 17.5. The van der Waals surface area contributed by atoms with Crippen LogP contribution in [0.4, 0.5) is 19.0 Å². The Hall–Kier alpha value is -2.18. The van der Waals surface area contributed by atoms with Crippen molar-refractivity contribution >= 4 is 29.0 Å². The summed E-state index contributed by atoms with van der Waals surface area (Å²) < 4.78 is 41.4. The highest BCUT2D eigenvalue weighted by molar-refractivity contribution is 6.33. The first-order valence-corrected chi connectivity index (χ1v) is 7.51. The maximum absolute atomic E-state index is 13.4. The van der Waals surface area contributed by atoms with Gasteiger partial charge in [-0.1, -0.05) is 41.4 Å². The van der Waals surface area contributed by atoms with Crippen LogP contribution in [0.15, 0.2) is 48.5 Å². The Balaban J connectivity index is 2.28. The smallest absolute Gasteiger partial charge is 0.383 e. The Labute approximate surface area is 145 Å². The molecule has 24 heavy (non-hydrogen) atoms. The van der Waals surface area contributed by atoms with Gasteiger partial charge in [-0.25, -0.2) is 4.68 Å². The number of nitrogens with zero attached hydrogens (tertiary/aromatic N) is 2. The molecule has 0 fully saturated rings. The fraction of sp³-hybridized carbons (Fsp3) is 0.0625. The molecule has 1 aromatic heterocycles. The summed E-state index contributed by atoms with van der Waals surface area (Å²) in [4.78, 5) is 0. The lowest BCUT2D eigenvalue weighted by Gasteiger charge is -2.08. The van der Waals surface area contributed by atoms with E-state index in [2.05, 4.69) is 5.10 Å². The van der Waals surface area contributed by atoms with Crippen LogP contribution in [-0.4, -0.2) is 9.78 Å². The summed E-state index contributed by atoms with van der Waals surface area (Å²) in [6.45, 7) is 0. The number of nitrogens with two attached hydrogens (primary N) is 1. The van der Waals surface area contributed by atoms with E-state index in [1.807, 2.05) is 0 Å². The van der Waals surface area contributed by atoms with Gasteiger partial charge in [0.25, 0.3) is 0 Å². The molecule has 0 radical (unpaired) electrons. The summed E-state index contributed by atoms with van der Waals surface area (Å²) in [6, 6.07) is 12.3. The molecule has 0 aliphatic heterocycles. The molecule has 0 bridgehead atoms. The molecule has 3 nitrogen and oxygen atoms in total. The van der Waals surface area contributed by atoms with E-state index in [-0.39, 0.29) is 22.0 Å². The first-order valence-electron chi connectivity index (χ1n) is 6.75. The lowest BCUT2D eigenvalue weighted by atomic mass is 10.1. The first kappa shape index (κ1) is 16.7. The van der Waals surface area contributed by atoms with Gasteiger partial charge < -0.3 is 5.73 Å². The highest BCUT2D eigenvalue weighted by atomic mass is 35.5. The van der Waals surface area contributed by atoms with Gasteiger partial charge in [0.15, 0.2) is 5.69 Å². The van der Waals surface area contributed by atoms with Crippen molar-refractivity contribution in [2.24, 2.45) is 0 Å². The maximum atomic E-state index is 13.4. The van der Waals surface area contributed by atoms with E-state index in [0.717, 1.165) is 4.68 Å². The Bertz CT molecular complexity index is 887. The van der Waals surface area contributed by atoms with E-state index in [1.165, 1.54) is 24.3 Å². The van der Waals surface area contributed by atoms with E-state index in [9.17, 15) is 13.2 Å². The van der Waals surface area contributed by atoms with Crippen molar-refractivity contribution in [3.8, 4) is 16.8 Å². The third-order valence-corrected chi connectivity index (χ3v) is 3.99. The molecular weight excluding hydrogens is 362 g/mol. The van der Waals surface area contributed by atoms with Crippen LogP contribution in [0, 0.1) is 0 Å². The maximum Gasteiger partial charge on any atom is 0.435 e. The number of alkyl halides is 3. The van der Waals surface area contributed by atoms with Gasteiger partial charge in [-0.05, 0) is 30.3 Å². The predicted octanol–water partition coefficient (Wildman–Crippen LogP) is 5.45. The normalized spacial score (nSPS) is 11.7. The van der Waals surface area contributed by atoms with E-state index in [4.69, 9.17) is 28.9 Å². The van der Waals surface area contributed by atoms with Crippen LogP contribution >= 0.6 is 23.2 Å². The number of halogens is 5. The Morgan fingerprint density at radius 2 is 1.58 bits per heavy atom. The molecule has 0 aliphatic carbocycles. The van der Waals surface area contributed by atoms with E-state index < -0.39 is 11.9 Å². The number of hydrogen-bond donors (Lipinski definition) is 1. The fourth-order valence-electron chi connectivity index (χ4n) is 2.34. The minimum Gasteiger partial charge on any atom is -0.383 e. The molecule has 2 N–H and O–H groups in total. The lowest BCUT2D eigenvalue weighted by molar-refractivity contribution is -0.140. The molecule has 3 rings (SSSR count). The molecule has 0 atom stereocenters. The second-order valence-electron chi connectivity index (χ2n) is 4.97. The molecule has 8 heteroatoms. The van der Waals surface area contributed by atoms with Crippen molar-refractivity contribution in [3.05, 3.63) is 64.3 Å².